The molecular formula is C12H18N2OS. The number of hydrogen-bond acceptors (Lipinski definition) is 4. The topological polar surface area (TPSA) is 56.0 Å². The van der Waals surface area contributed by atoms with Gasteiger partial charge >= 0.3 is 0 Å². The number of thiophene rings is 1. The fourth-order valence-corrected chi connectivity index (χ4v) is 1.80. The Kier molecular flexibility index (Phi) is 3.74. The van der Waals surface area contributed by atoms with Crippen molar-refractivity contribution >= 4 is 11.3 Å². The Balaban J connectivity index is 2.62. The van der Waals surface area contributed by atoms with Crippen LogP contribution in [0.4, 0.5) is 0 Å². The van der Waals surface area contributed by atoms with Crippen molar-refractivity contribution < 1.29 is 5.11 Å². The summed E-state index contributed by atoms with van der Waals surface area (Å²) in [7, 11) is 0. The summed E-state index contributed by atoms with van der Waals surface area (Å²) < 4.78 is 0. The lowest BCUT2D eigenvalue weighted by atomic mass is 9.86. The first-order valence-electron chi connectivity index (χ1n) is 5.22. The molecule has 4 heteroatoms. The van der Waals surface area contributed by atoms with Gasteiger partial charge in [0.25, 0.3) is 0 Å². The van der Waals surface area contributed by atoms with Crippen LogP contribution in [0.5, 0.6) is 0 Å². The van der Waals surface area contributed by atoms with E-state index in [0.717, 1.165) is 9.75 Å². The van der Waals surface area contributed by atoms with Crippen LogP contribution in [0.1, 0.15) is 37.4 Å². The summed E-state index contributed by atoms with van der Waals surface area (Å²) in [6.45, 7) is 8.17. The smallest absolute Gasteiger partial charge is 0.110 e. The zero-order chi connectivity index (χ0) is 12.4. The van der Waals surface area contributed by atoms with Crippen molar-refractivity contribution in [3.8, 4) is 6.07 Å². The standard InChI is InChI=1S/C12H18N2OS/c1-11(2,12(3,4)15)14-8-10-6-5-9(7-13)16-10/h5-6,14-15H,8H2,1-4H3. The van der Waals surface area contributed by atoms with Gasteiger partial charge in [-0.1, -0.05) is 0 Å². The Morgan fingerprint density at radius 2 is 2.00 bits per heavy atom. The van der Waals surface area contributed by atoms with Crippen molar-refractivity contribution in [1.29, 1.82) is 5.26 Å². The van der Waals surface area contributed by atoms with E-state index < -0.39 is 5.60 Å². The normalized spacial score (nSPS) is 12.5. The van der Waals surface area contributed by atoms with Gasteiger partial charge in [0.15, 0.2) is 0 Å². The first-order chi connectivity index (χ1) is 7.26. The largest absolute Gasteiger partial charge is 0.389 e. The minimum atomic E-state index is -0.789. The molecule has 0 saturated heterocycles. The van der Waals surface area contributed by atoms with Crippen LogP contribution in [-0.2, 0) is 6.54 Å². The van der Waals surface area contributed by atoms with E-state index in [4.69, 9.17) is 5.26 Å². The summed E-state index contributed by atoms with van der Waals surface area (Å²) in [6.07, 6.45) is 0. The molecule has 1 heterocycles. The second kappa shape index (κ2) is 4.54. The molecule has 0 aliphatic carbocycles. The van der Waals surface area contributed by atoms with Crippen LogP contribution in [0.3, 0.4) is 0 Å². The number of hydrogen-bond donors (Lipinski definition) is 2. The maximum absolute atomic E-state index is 9.96. The molecule has 1 rings (SSSR count). The van der Waals surface area contributed by atoms with Gasteiger partial charge in [0.2, 0.25) is 0 Å². The third kappa shape index (κ3) is 3.05. The minimum absolute atomic E-state index is 0.371. The average Bonchev–Trinajstić information content (AvgIpc) is 2.60. The van der Waals surface area contributed by atoms with Crippen LogP contribution >= 0.6 is 11.3 Å². The summed E-state index contributed by atoms with van der Waals surface area (Å²) in [6, 6.07) is 5.88. The zero-order valence-corrected chi connectivity index (χ0v) is 11.0. The van der Waals surface area contributed by atoms with E-state index in [2.05, 4.69) is 11.4 Å². The summed E-state index contributed by atoms with van der Waals surface area (Å²) in [5, 5.41) is 22.0. The lowest BCUT2D eigenvalue weighted by Crippen LogP contribution is -2.55. The molecule has 0 saturated carbocycles. The van der Waals surface area contributed by atoms with Gasteiger partial charge in [-0.2, -0.15) is 5.26 Å². The molecule has 1 aromatic heterocycles. The first-order valence-corrected chi connectivity index (χ1v) is 6.04. The van der Waals surface area contributed by atoms with Crippen molar-refractivity contribution in [1.82, 2.24) is 5.32 Å². The van der Waals surface area contributed by atoms with Gasteiger partial charge in [-0.05, 0) is 39.8 Å². The highest BCUT2D eigenvalue weighted by atomic mass is 32.1. The maximum Gasteiger partial charge on any atom is 0.110 e. The lowest BCUT2D eigenvalue weighted by Gasteiger charge is -2.38. The highest BCUT2D eigenvalue weighted by Crippen LogP contribution is 2.22. The number of rotatable bonds is 4. The third-order valence-electron chi connectivity index (χ3n) is 3.01. The van der Waals surface area contributed by atoms with Gasteiger partial charge in [-0.3, -0.25) is 0 Å². The van der Waals surface area contributed by atoms with Gasteiger partial charge in [-0.25, -0.2) is 0 Å². The Morgan fingerprint density at radius 3 is 2.44 bits per heavy atom. The van der Waals surface area contributed by atoms with Crippen LogP contribution < -0.4 is 5.32 Å². The quantitative estimate of drug-likeness (QED) is 0.846. The van der Waals surface area contributed by atoms with E-state index in [1.165, 1.54) is 11.3 Å². The molecule has 3 nitrogen and oxygen atoms in total. The molecule has 0 aliphatic rings. The fraction of sp³-hybridized carbons (Fsp3) is 0.583. The minimum Gasteiger partial charge on any atom is -0.389 e. The van der Waals surface area contributed by atoms with Crippen LogP contribution in [0.15, 0.2) is 12.1 Å². The van der Waals surface area contributed by atoms with E-state index >= 15 is 0 Å². The highest BCUT2D eigenvalue weighted by Gasteiger charge is 2.34. The van der Waals surface area contributed by atoms with Crippen LogP contribution in [0, 0.1) is 11.3 Å². The van der Waals surface area contributed by atoms with Gasteiger partial charge < -0.3 is 10.4 Å². The lowest BCUT2D eigenvalue weighted by molar-refractivity contribution is -0.00520. The summed E-state index contributed by atoms with van der Waals surface area (Å²) in [5.74, 6) is 0. The predicted octanol–water partition coefficient (Wildman–Crippen LogP) is 2.26. The number of nitrogens with zero attached hydrogens (tertiary/aromatic N) is 1. The second-order valence-corrected chi connectivity index (χ2v) is 6.08. The van der Waals surface area contributed by atoms with Crippen LogP contribution in [0.25, 0.3) is 0 Å². The maximum atomic E-state index is 9.96. The summed E-state index contributed by atoms with van der Waals surface area (Å²) in [5.41, 5.74) is -1.16. The van der Waals surface area contributed by atoms with Crippen molar-refractivity contribution in [2.75, 3.05) is 0 Å². The molecule has 2 N–H and O–H groups in total. The summed E-state index contributed by atoms with van der Waals surface area (Å²) >= 11 is 1.48. The SMILES string of the molecule is CC(C)(O)C(C)(C)NCc1ccc(C#N)s1. The molecule has 0 atom stereocenters. The molecule has 0 aliphatic heterocycles. The highest BCUT2D eigenvalue weighted by molar-refractivity contribution is 7.12. The molecule has 1 aromatic rings. The monoisotopic (exact) mass is 238 g/mol. The second-order valence-electron chi connectivity index (χ2n) is 4.92. The van der Waals surface area contributed by atoms with Crippen LogP contribution in [-0.4, -0.2) is 16.2 Å². The van der Waals surface area contributed by atoms with E-state index in [0.29, 0.717) is 6.54 Å². The van der Waals surface area contributed by atoms with Crippen molar-refractivity contribution in [3.05, 3.63) is 21.9 Å². The average molecular weight is 238 g/mol. The first kappa shape index (κ1) is 13.2. The molecule has 16 heavy (non-hydrogen) atoms. The van der Waals surface area contributed by atoms with E-state index in [-0.39, 0.29) is 5.54 Å². The Bertz CT molecular complexity index is 396. The molecule has 0 radical (unpaired) electrons. The Morgan fingerprint density at radius 1 is 1.38 bits per heavy atom. The van der Waals surface area contributed by atoms with Crippen LogP contribution in [0.2, 0.25) is 0 Å². The van der Waals surface area contributed by atoms with Gasteiger partial charge in [-0.15, -0.1) is 11.3 Å². The summed E-state index contributed by atoms with van der Waals surface area (Å²) in [4.78, 5) is 1.83. The molecule has 88 valence electrons. The van der Waals surface area contributed by atoms with Crippen molar-refractivity contribution in [2.24, 2.45) is 0 Å². The van der Waals surface area contributed by atoms with Crippen molar-refractivity contribution in [3.63, 3.8) is 0 Å². The zero-order valence-electron chi connectivity index (χ0n) is 10.2. The van der Waals surface area contributed by atoms with Gasteiger partial charge in [0, 0.05) is 17.0 Å². The van der Waals surface area contributed by atoms with E-state index in [1.807, 2.05) is 26.0 Å². The molecule has 0 aromatic carbocycles. The number of nitriles is 1. The predicted molar refractivity (Wildman–Crippen MR) is 66.3 cm³/mol. The molecular weight excluding hydrogens is 220 g/mol. The Hall–Kier alpha value is -0.890. The molecule has 0 fully saturated rings. The Labute approximate surface area is 101 Å². The van der Waals surface area contributed by atoms with Crippen molar-refractivity contribution in [2.45, 2.75) is 45.4 Å². The van der Waals surface area contributed by atoms with E-state index in [9.17, 15) is 5.11 Å². The van der Waals surface area contributed by atoms with Gasteiger partial charge in [0.1, 0.15) is 10.9 Å². The van der Waals surface area contributed by atoms with E-state index in [1.54, 1.807) is 13.8 Å². The third-order valence-corrected chi connectivity index (χ3v) is 4.00. The molecule has 0 unspecified atom stereocenters. The molecule has 0 amide bonds. The fourth-order valence-electron chi connectivity index (χ4n) is 1.06. The van der Waals surface area contributed by atoms with Gasteiger partial charge in [0.05, 0.1) is 5.60 Å². The number of nitrogens with one attached hydrogen (secondary N) is 1. The number of aliphatic hydroxyl groups is 1. The molecule has 0 bridgehead atoms. The molecule has 0 spiro atoms.